The van der Waals surface area contributed by atoms with Crippen LogP contribution in [0.2, 0.25) is 0 Å². The summed E-state index contributed by atoms with van der Waals surface area (Å²) >= 11 is 5.64. The molecule has 0 unspecified atom stereocenters. The summed E-state index contributed by atoms with van der Waals surface area (Å²) in [6, 6.07) is 6.61. The number of carbonyl (C=O) groups is 13. The van der Waals surface area contributed by atoms with Gasteiger partial charge in [-0.05, 0) is 194 Å². The van der Waals surface area contributed by atoms with E-state index in [1.807, 2.05) is 6.07 Å². The largest absolute Gasteiger partial charge is 0.508 e. The van der Waals surface area contributed by atoms with Gasteiger partial charge in [-0.3, -0.25) is 94.5 Å². The molecule has 0 radical (unpaired) electrons. The van der Waals surface area contributed by atoms with Crippen molar-refractivity contribution >= 4 is 154 Å². The number of phosphoric ester groups is 1. The maximum Gasteiger partial charge on any atom is 0.469 e. The van der Waals surface area contributed by atoms with Crippen LogP contribution in [0.4, 0.5) is 5.69 Å². The highest BCUT2D eigenvalue weighted by Crippen LogP contribution is 2.57. The first kappa shape index (κ1) is 114. The lowest BCUT2D eigenvalue weighted by molar-refractivity contribution is -0.148. The number of nitrogens with one attached hydrogen (secondary N) is 24. The van der Waals surface area contributed by atoms with Crippen LogP contribution in [-0.4, -0.2) is 268 Å². The van der Waals surface area contributed by atoms with Gasteiger partial charge in [0.15, 0.2) is 46.5 Å². The highest BCUT2D eigenvalue weighted by atomic mass is 32.1. The van der Waals surface area contributed by atoms with Gasteiger partial charge >= 0.3 is 13.8 Å². The quantitative estimate of drug-likeness (QED) is 0.00445. The van der Waals surface area contributed by atoms with Crippen LogP contribution in [0.5, 0.6) is 23.0 Å². The van der Waals surface area contributed by atoms with E-state index in [1.54, 1.807) is 60.7 Å². The van der Waals surface area contributed by atoms with Crippen LogP contribution < -0.4 is 141 Å². The summed E-state index contributed by atoms with van der Waals surface area (Å²) < 4.78 is 30.2. The summed E-state index contributed by atoms with van der Waals surface area (Å²) in [5.41, 5.74) is 40.5. The molecule has 2 saturated heterocycles. The summed E-state index contributed by atoms with van der Waals surface area (Å²) in [7, 11) is -5.63. The van der Waals surface area contributed by atoms with Crippen LogP contribution in [0.25, 0.3) is 10.8 Å². The van der Waals surface area contributed by atoms with Crippen molar-refractivity contribution in [3.8, 4) is 23.0 Å². The van der Waals surface area contributed by atoms with E-state index in [0.717, 1.165) is 17.2 Å². The normalized spacial score (nSPS) is 20.5. The summed E-state index contributed by atoms with van der Waals surface area (Å²) in [5, 5.41) is 117. The number of nitrogens with zero attached hydrogens (tertiary/aromatic N) is 1. The molecule has 2 fully saturated rings. The fourth-order valence-electron chi connectivity index (χ4n) is 17.1. The minimum atomic E-state index is -5.63. The van der Waals surface area contributed by atoms with Gasteiger partial charge in [-0.25, -0.2) is 9.36 Å². The van der Waals surface area contributed by atoms with Gasteiger partial charge in [-0.1, -0.05) is 48.5 Å². The number of phenols is 2. The number of carbonyl (C=O) groups excluding carboxylic acids is 13. The highest BCUT2D eigenvalue weighted by molar-refractivity contribution is 7.80. The second-order valence-corrected chi connectivity index (χ2v) is 36.9. The van der Waals surface area contributed by atoms with E-state index in [-0.39, 0.29) is 189 Å². The van der Waals surface area contributed by atoms with Gasteiger partial charge in [0.25, 0.3) is 0 Å². The van der Waals surface area contributed by atoms with Gasteiger partial charge in [0.05, 0.1) is 11.7 Å². The molecule has 792 valence electrons. The number of esters is 1. The number of amides is 12. The maximum absolute atomic E-state index is 15.6. The van der Waals surface area contributed by atoms with Crippen molar-refractivity contribution < 1.29 is 101 Å². The molecule has 4 heterocycles. The van der Waals surface area contributed by atoms with E-state index in [9.17, 15) is 38.9 Å². The average Bonchev–Trinajstić information content (AvgIpc) is 1.53. The summed E-state index contributed by atoms with van der Waals surface area (Å²) in [6.45, 7) is 0.183. The second-order valence-electron chi connectivity index (χ2n) is 35.3. The third-order valence-corrected chi connectivity index (χ3v) is 25.1. The number of ether oxygens (including phenoxy) is 2. The summed E-state index contributed by atoms with van der Waals surface area (Å²) in [5.74, 6) is -16.9. The molecule has 12 atom stereocenters. The number of primary amides is 1. The highest BCUT2D eigenvalue weighted by Gasteiger charge is 2.54. The van der Waals surface area contributed by atoms with Crippen LogP contribution in [0, 0.1) is 32.5 Å². The minimum absolute atomic E-state index is 0.0272. The van der Waals surface area contributed by atoms with Gasteiger partial charge in [-0.2, -0.15) is 0 Å². The van der Waals surface area contributed by atoms with Crippen molar-refractivity contribution in [2.75, 3.05) is 57.7 Å². The van der Waals surface area contributed by atoms with E-state index >= 15 is 47.9 Å². The van der Waals surface area contributed by atoms with Gasteiger partial charge in [-0.15, -0.1) is 0 Å². The molecule has 0 bridgehead atoms. The van der Waals surface area contributed by atoms with Crippen LogP contribution in [0.3, 0.4) is 0 Å². The van der Waals surface area contributed by atoms with Crippen molar-refractivity contribution in [1.29, 1.82) is 32.5 Å². The molecule has 55 heteroatoms. The monoisotopic (exact) mass is 2070 g/mol. The molecule has 42 N–H and O–H groups in total. The molecular formula is C91H131N32O21PS. The Morgan fingerprint density at radius 1 is 0.479 bits per heavy atom. The number of piperidine rings is 1. The standard InChI is InChI=1S/C91H131N32O21PS/c1-47(144-145(139,140)141)71-82(137)123-41-7-5-23-67(123)81(136)121-66(43-48-24-25-49-14-2-3-15-50(49)42-48)80(135)119-63(21-12-39-109-88(101)102)76(131)115-60(18-9-36-106-85(95)96)73(128)114-59(17-8-35-105-84(93)94)74(129)116-62(20-11-38-108-87(99)100)77(132)120-65(78(133)117-61(19-10-37-107-86(97)98)75(130)118-64(79(134)122-71)22-13-40-110-89(103)104)32-33-70(126)113-58(72(92)127)16-4-6-34-111-90(146)112-51-26-29-55-54(44-51)83(138)143-91(55)56-30-27-52(124)45-68(56)142-69-46-53(125)28-31-57(69)91/h2-3,14-15,24-31,42,44-47,58-67,71,124-125H,4-13,16-23,32-41,43H2,1H3,(H2,92,127)(H,113,126)(H,114,128)(H,115,131)(H,116,129)(H,117,133)(H,118,130)(H,119,135)(H,120,132)(H,121,136)(H,122,134)(H4,93,94,105)(H4,95,96,106)(H4,97,98,107)(H4,99,100,108)(H4,101,102,109)(H4,103,104,110)(H2,111,112,146)(H2,139,140,141)/t47-,58+,59-,60-,61-,62-,63+,64-,65+,66+,67+,71-/m1/s1. The number of hydrogen-bond acceptors (Lipinski definition) is 26. The van der Waals surface area contributed by atoms with E-state index in [0.29, 0.717) is 33.3 Å². The fourth-order valence-corrected chi connectivity index (χ4v) is 17.8. The molecule has 146 heavy (non-hydrogen) atoms. The van der Waals surface area contributed by atoms with Crippen molar-refractivity contribution in [2.24, 2.45) is 40.1 Å². The van der Waals surface area contributed by atoms with Crippen LogP contribution in [-0.2, 0) is 83.4 Å². The molecule has 0 aromatic heterocycles. The molecule has 53 nitrogen and oxygen atoms in total. The Morgan fingerprint density at radius 3 is 1.30 bits per heavy atom. The second kappa shape index (κ2) is 54.7. The number of phosphoric acid groups is 1. The Balaban J connectivity index is 1.07. The zero-order valence-corrected chi connectivity index (χ0v) is 82.0. The van der Waals surface area contributed by atoms with Gasteiger partial charge < -0.3 is 170 Å². The third kappa shape index (κ3) is 34.5. The summed E-state index contributed by atoms with van der Waals surface area (Å²) in [6.07, 6.45) is -5.83. The number of anilines is 1. The van der Waals surface area contributed by atoms with Crippen LogP contribution in [0.1, 0.15) is 168 Å². The van der Waals surface area contributed by atoms with Gasteiger partial charge in [0, 0.05) is 99.7 Å². The van der Waals surface area contributed by atoms with E-state index in [1.165, 1.54) is 30.3 Å². The van der Waals surface area contributed by atoms with Crippen molar-refractivity contribution in [2.45, 2.75) is 220 Å². The van der Waals surface area contributed by atoms with E-state index < -0.39 is 231 Å². The number of thiocarbonyl (C=S) groups is 1. The Morgan fingerprint density at radius 2 is 0.877 bits per heavy atom. The predicted molar refractivity (Wildman–Crippen MR) is 538 cm³/mol. The first-order chi connectivity index (χ1) is 69.4. The number of unbranched alkanes of at least 4 members (excludes halogenated alkanes) is 1. The Hall–Kier alpha value is -15.7. The number of guanidine groups is 6. The molecule has 9 rings (SSSR count). The summed E-state index contributed by atoms with van der Waals surface area (Å²) in [4.78, 5) is 218. The van der Waals surface area contributed by atoms with Gasteiger partial charge in [0.1, 0.15) is 89.5 Å². The lowest BCUT2D eigenvalue weighted by Gasteiger charge is -2.39. The van der Waals surface area contributed by atoms with Crippen LogP contribution >= 0.6 is 20.0 Å². The Bertz CT molecular complexity index is 5650. The molecule has 12 amide bonds. The molecule has 1 spiro atoms. The first-order valence-corrected chi connectivity index (χ1v) is 49.4. The zero-order valence-electron chi connectivity index (χ0n) is 80.2. The number of nitrogens with two attached hydrogens (primary N) is 7. The minimum Gasteiger partial charge on any atom is -0.508 e. The van der Waals surface area contributed by atoms with Gasteiger partial charge in [0.2, 0.25) is 70.9 Å². The van der Waals surface area contributed by atoms with Crippen molar-refractivity contribution in [3.05, 3.63) is 125 Å². The predicted octanol–water partition coefficient (Wildman–Crippen LogP) is -3.90. The fraction of sp³-hybridized carbons (Fsp3) is 0.473. The molecule has 0 aliphatic carbocycles. The molecule has 0 saturated carbocycles. The number of phenolic OH excluding ortho intramolecular Hbond substituents is 2. The SMILES string of the molecule is C[C@@H](OP(=O)(O)O)[C@H]1NC(=O)[C@@H](CCCNC(=N)N)NC(=O)[C@@H](CCCNC(=N)N)NC(=O)[C@H](CCC(=O)N[C@@H](CCCCNC(=S)Nc2ccc3c(c2)C(=O)OC32c3ccc(O)cc3Oc3cc(O)ccc32)C(N)=O)NC(=O)[C@@H](CCCNC(=N)N)NC(=O)[C@@H](CCCNC(=N)N)NC(=O)[C@@H](CCCNC(=N)N)NC(=O)[C@H](CCCNC(=N)N)NC(=O)[C@H](Cc2ccc3ccccc3c2)NC(=O)[C@@H]2CCCCN2C1=O. The number of benzene rings is 5. The maximum atomic E-state index is 15.6. The molecule has 5 aromatic rings. The van der Waals surface area contributed by atoms with E-state index in [2.05, 4.69) is 95.7 Å². The molecule has 5 aromatic carbocycles. The van der Waals surface area contributed by atoms with Crippen molar-refractivity contribution in [1.82, 2.24) is 95.3 Å². The average molecular weight is 2070 g/mol. The third-order valence-electron chi connectivity index (χ3n) is 24.2. The number of aromatic hydroxyl groups is 2. The lowest BCUT2D eigenvalue weighted by atomic mass is 9.77. The van der Waals surface area contributed by atoms with Crippen molar-refractivity contribution in [3.63, 3.8) is 0 Å². The molecular weight excluding hydrogens is 1940 g/mol. The Kier molecular flexibility index (Phi) is 42.6. The molecule has 4 aliphatic rings. The zero-order chi connectivity index (χ0) is 107. The lowest BCUT2D eigenvalue weighted by Crippen LogP contribution is -2.64. The smallest absolute Gasteiger partial charge is 0.469 e. The number of hydrogen-bond donors (Lipinski definition) is 35. The number of rotatable bonds is 40. The first-order valence-electron chi connectivity index (χ1n) is 47.5. The van der Waals surface area contributed by atoms with E-state index in [4.69, 9.17) is 98.8 Å². The van der Waals surface area contributed by atoms with Crippen LogP contribution in [0.15, 0.2) is 97.1 Å². The Labute approximate surface area is 844 Å². The topological polar surface area (TPSA) is 893 Å². The number of fused-ring (bicyclic) bond motifs is 8. The molecule has 4 aliphatic heterocycles.